The number of carbonyl (C=O) groups excluding carboxylic acids is 1. The lowest BCUT2D eigenvalue weighted by Crippen LogP contribution is -2.27. The summed E-state index contributed by atoms with van der Waals surface area (Å²) in [6, 6.07) is 4.07. The van der Waals surface area contributed by atoms with Gasteiger partial charge in [-0.25, -0.2) is 13.2 Å². The molecule has 0 aromatic heterocycles. The summed E-state index contributed by atoms with van der Waals surface area (Å²) in [7, 11) is 2.64. The van der Waals surface area contributed by atoms with Crippen LogP contribution in [0.15, 0.2) is 23.1 Å². The standard InChI is InChI=1S/C12H16ClNO5S/c1-12(2,3)19-11(15)14-8-5-6-9(18-4)10(7-8)20(13,16)17/h5-7H,1-4H3,(H,14,15). The van der Waals surface area contributed by atoms with E-state index in [9.17, 15) is 13.2 Å². The first-order valence-corrected chi connectivity index (χ1v) is 7.96. The van der Waals surface area contributed by atoms with Gasteiger partial charge >= 0.3 is 6.09 Å². The molecule has 0 unspecified atom stereocenters. The third kappa shape index (κ3) is 4.90. The van der Waals surface area contributed by atoms with E-state index in [-0.39, 0.29) is 16.3 Å². The van der Waals surface area contributed by atoms with Gasteiger partial charge < -0.3 is 9.47 Å². The molecule has 0 heterocycles. The second kappa shape index (κ2) is 5.88. The summed E-state index contributed by atoms with van der Waals surface area (Å²) in [5, 5.41) is 2.42. The average Bonchev–Trinajstić information content (AvgIpc) is 2.25. The fourth-order valence-corrected chi connectivity index (χ4v) is 2.39. The molecule has 0 aliphatic rings. The molecule has 1 rings (SSSR count). The minimum Gasteiger partial charge on any atom is -0.495 e. The number of rotatable bonds is 3. The Kier molecular flexibility index (Phi) is 4.88. The van der Waals surface area contributed by atoms with Crippen LogP contribution >= 0.6 is 10.7 Å². The topological polar surface area (TPSA) is 81.7 Å². The molecule has 6 nitrogen and oxygen atoms in total. The van der Waals surface area contributed by atoms with E-state index in [1.54, 1.807) is 20.8 Å². The number of benzene rings is 1. The third-order valence-electron chi connectivity index (χ3n) is 2.07. The fourth-order valence-electron chi connectivity index (χ4n) is 1.37. The van der Waals surface area contributed by atoms with E-state index in [2.05, 4.69) is 5.32 Å². The van der Waals surface area contributed by atoms with Crippen molar-refractivity contribution in [1.29, 1.82) is 0 Å². The molecule has 20 heavy (non-hydrogen) atoms. The highest BCUT2D eigenvalue weighted by Gasteiger charge is 2.20. The number of anilines is 1. The number of halogens is 1. The van der Waals surface area contributed by atoms with Gasteiger partial charge in [-0.05, 0) is 39.0 Å². The first-order valence-electron chi connectivity index (χ1n) is 5.65. The molecular formula is C12H16ClNO5S. The normalized spacial score (nSPS) is 11.8. The third-order valence-corrected chi connectivity index (χ3v) is 3.41. The lowest BCUT2D eigenvalue weighted by atomic mass is 10.2. The van der Waals surface area contributed by atoms with Crippen LogP contribution < -0.4 is 10.1 Å². The molecule has 1 aromatic carbocycles. The van der Waals surface area contributed by atoms with E-state index in [0.717, 1.165) is 0 Å². The Hall–Kier alpha value is -1.47. The predicted octanol–water partition coefficient (Wildman–Crippen LogP) is 2.97. The molecule has 1 N–H and O–H groups in total. The van der Waals surface area contributed by atoms with Gasteiger partial charge in [-0.3, -0.25) is 5.32 Å². The predicted molar refractivity (Wildman–Crippen MR) is 75.9 cm³/mol. The Labute approximate surface area is 122 Å². The first-order chi connectivity index (χ1) is 9.03. The maximum absolute atomic E-state index is 11.6. The summed E-state index contributed by atoms with van der Waals surface area (Å²) in [4.78, 5) is 11.4. The molecule has 0 aliphatic heterocycles. The maximum atomic E-state index is 11.6. The van der Waals surface area contributed by atoms with Crippen LogP contribution in [0.1, 0.15) is 20.8 Å². The quantitative estimate of drug-likeness (QED) is 0.865. The molecule has 0 aliphatic carbocycles. The van der Waals surface area contributed by atoms with E-state index in [1.165, 1.54) is 25.3 Å². The Morgan fingerprint density at radius 3 is 2.35 bits per heavy atom. The first kappa shape index (κ1) is 16.6. The molecule has 0 bridgehead atoms. The van der Waals surface area contributed by atoms with Crippen LogP contribution in [-0.2, 0) is 13.8 Å². The maximum Gasteiger partial charge on any atom is 0.412 e. The van der Waals surface area contributed by atoms with Crippen molar-refractivity contribution in [2.75, 3.05) is 12.4 Å². The van der Waals surface area contributed by atoms with Gasteiger partial charge in [0.2, 0.25) is 0 Å². The zero-order chi connectivity index (χ0) is 15.6. The zero-order valence-corrected chi connectivity index (χ0v) is 13.1. The van der Waals surface area contributed by atoms with Gasteiger partial charge in [-0.15, -0.1) is 0 Å². The van der Waals surface area contributed by atoms with E-state index >= 15 is 0 Å². The summed E-state index contributed by atoms with van der Waals surface area (Å²) in [6.07, 6.45) is -0.694. The van der Waals surface area contributed by atoms with Crippen LogP contribution in [0, 0.1) is 0 Å². The summed E-state index contributed by atoms with van der Waals surface area (Å²) in [5.74, 6) is 0.0924. The van der Waals surface area contributed by atoms with Gasteiger partial charge in [0, 0.05) is 16.4 Å². The molecule has 1 aromatic rings. The largest absolute Gasteiger partial charge is 0.495 e. The Bertz CT molecular complexity index is 607. The van der Waals surface area contributed by atoms with E-state index in [4.69, 9.17) is 20.2 Å². The monoisotopic (exact) mass is 321 g/mol. The number of hydrogen-bond donors (Lipinski definition) is 1. The number of amides is 1. The van der Waals surface area contributed by atoms with Crippen LogP contribution in [-0.4, -0.2) is 27.2 Å². The van der Waals surface area contributed by atoms with Crippen molar-refractivity contribution >= 4 is 31.5 Å². The number of nitrogens with one attached hydrogen (secondary N) is 1. The molecule has 0 spiro atoms. The zero-order valence-electron chi connectivity index (χ0n) is 11.6. The van der Waals surface area contributed by atoms with Gasteiger partial charge in [0.25, 0.3) is 9.05 Å². The highest BCUT2D eigenvalue weighted by molar-refractivity contribution is 8.13. The second-order valence-corrected chi connectivity index (χ2v) is 7.46. The van der Waals surface area contributed by atoms with Gasteiger partial charge in [-0.2, -0.15) is 0 Å². The summed E-state index contributed by atoms with van der Waals surface area (Å²) in [5.41, 5.74) is -0.419. The van der Waals surface area contributed by atoms with Crippen molar-refractivity contribution in [1.82, 2.24) is 0 Å². The highest BCUT2D eigenvalue weighted by Crippen LogP contribution is 2.29. The molecule has 112 valence electrons. The molecular weight excluding hydrogens is 306 g/mol. The van der Waals surface area contributed by atoms with Crippen LogP contribution in [0.5, 0.6) is 5.75 Å². The molecule has 0 saturated heterocycles. The molecule has 1 amide bonds. The van der Waals surface area contributed by atoms with Crippen LogP contribution in [0.2, 0.25) is 0 Å². The van der Waals surface area contributed by atoms with Crippen molar-refractivity contribution < 1.29 is 22.7 Å². The van der Waals surface area contributed by atoms with Crippen molar-refractivity contribution in [2.45, 2.75) is 31.3 Å². The van der Waals surface area contributed by atoms with Crippen LogP contribution in [0.3, 0.4) is 0 Å². The van der Waals surface area contributed by atoms with Crippen molar-refractivity contribution in [3.63, 3.8) is 0 Å². The van der Waals surface area contributed by atoms with Crippen molar-refractivity contribution in [3.05, 3.63) is 18.2 Å². The number of hydrogen-bond acceptors (Lipinski definition) is 5. The number of ether oxygens (including phenoxy) is 2. The number of methoxy groups -OCH3 is 1. The molecule has 0 fully saturated rings. The SMILES string of the molecule is COc1ccc(NC(=O)OC(C)(C)C)cc1S(=O)(=O)Cl. The highest BCUT2D eigenvalue weighted by atomic mass is 35.7. The van der Waals surface area contributed by atoms with Gasteiger partial charge in [0.1, 0.15) is 16.2 Å². The van der Waals surface area contributed by atoms with Crippen LogP contribution in [0.4, 0.5) is 10.5 Å². The second-order valence-electron chi connectivity index (χ2n) is 4.93. The molecule has 0 atom stereocenters. The van der Waals surface area contributed by atoms with E-state index in [1.807, 2.05) is 0 Å². The van der Waals surface area contributed by atoms with E-state index in [0.29, 0.717) is 0 Å². The molecule has 8 heteroatoms. The Morgan fingerprint density at radius 2 is 1.90 bits per heavy atom. The van der Waals surface area contributed by atoms with Crippen molar-refractivity contribution in [3.8, 4) is 5.75 Å². The summed E-state index contributed by atoms with van der Waals surface area (Å²) >= 11 is 0. The fraction of sp³-hybridized carbons (Fsp3) is 0.417. The van der Waals surface area contributed by atoms with Gasteiger partial charge in [-0.1, -0.05) is 0 Å². The molecule has 0 saturated carbocycles. The Balaban J connectivity index is 3.02. The minimum atomic E-state index is -3.98. The molecule has 0 radical (unpaired) electrons. The minimum absolute atomic E-state index is 0.0924. The van der Waals surface area contributed by atoms with E-state index < -0.39 is 20.7 Å². The lowest BCUT2D eigenvalue weighted by Gasteiger charge is -2.19. The smallest absolute Gasteiger partial charge is 0.412 e. The van der Waals surface area contributed by atoms with Crippen molar-refractivity contribution in [2.24, 2.45) is 0 Å². The number of carbonyl (C=O) groups is 1. The lowest BCUT2D eigenvalue weighted by molar-refractivity contribution is 0.0636. The summed E-state index contributed by atoms with van der Waals surface area (Å²) < 4.78 is 32.8. The summed E-state index contributed by atoms with van der Waals surface area (Å²) in [6.45, 7) is 5.15. The van der Waals surface area contributed by atoms with Gasteiger partial charge in [0.05, 0.1) is 7.11 Å². The Morgan fingerprint density at radius 1 is 1.30 bits per heavy atom. The van der Waals surface area contributed by atoms with Crippen LogP contribution in [0.25, 0.3) is 0 Å². The average molecular weight is 322 g/mol. The van der Waals surface area contributed by atoms with Gasteiger partial charge in [0.15, 0.2) is 0 Å².